The molecule has 2 atom stereocenters. The molecular formula is C8H15NO5S. The van der Waals surface area contributed by atoms with Crippen molar-refractivity contribution in [2.75, 3.05) is 19.3 Å². The number of carboxylic acid groups (broad SMARTS) is 1. The first kappa shape index (κ1) is 12.3. The Morgan fingerprint density at radius 2 is 2.20 bits per heavy atom. The van der Waals surface area contributed by atoms with Crippen LogP contribution in [0, 0.1) is 5.92 Å². The minimum Gasteiger partial charge on any atom is -0.465 e. The van der Waals surface area contributed by atoms with E-state index in [1.165, 1.54) is 4.90 Å². The first-order valence-corrected chi connectivity index (χ1v) is 6.47. The fraction of sp³-hybridized carbons (Fsp3) is 0.875. The van der Waals surface area contributed by atoms with Gasteiger partial charge in [-0.1, -0.05) is 0 Å². The summed E-state index contributed by atoms with van der Waals surface area (Å²) in [6, 6.07) is 0. The molecule has 15 heavy (non-hydrogen) atoms. The molecule has 0 aromatic heterocycles. The van der Waals surface area contributed by atoms with Gasteiger partial charge in [0.25, 0.3) is 10.1 Å². The lowest BCUT2D eigenvalue weighted by atomic mass is 10.0. The predicted molar refractivity (Wildman–Crippen MR) is 53.1 cm³/mol. The molecule has 1 unspecified atom stereocenters. The van der Waals surface area contributed by atoms with Crippen LogP contribution in [0.3, 0.4) is 0 Å². The molecule has 0 radical (unpaired) electrons. The maximum absolute atomic E-state index is 10.9. The Bertz CT molecular complexity index is 339. The van der Waals surface area contributed by atoms with Crippen molar-refractivity contribution >= 4 is 16.2 Å². The van der Waals surface area contributed by atoms with E-state index >= 15 is 0 Å². The zero-order valence-corrected chi connectivity index (χ0v) is 9.53. The second kappa shape index (κ2) is 4.36. The Morgan fingerprint density at radius 3 is 2.60 bits per heavy atom. The number of amides is 1. The number of nitrogens with zero attached hydrogens (tertiary/aromatic N) is 1. The van der Waals surface area contributed by atoms with Gasteiger partial charge in [-0.15, -0.1) is 0 Å². The van der Waals surface area contributed by atoms with Crippen molar-refractivity contribution in [1.82, 2.24) is 4.90 Å². The molecule has 1 fully saturated rings. The average Bonchev–Trinajstić information content (AvgIpc) is 2.47. The molecule has 88 valence electrons. The van der Waals surface area contributed by atoms with Crippen molar-refractivity contribution in [3.8, 4) is 0 Å². The minimum absolute atomic E-state index is 0.0455. The minimum atomic E-state index is -3.46. The van der Waals surface area contributed by atoms with Crippen molar-refractivity contribution in [3.63, 3.8) is 0 Å². The molecule has 1 rings (SSSR count). The number of carbonyl (C=O) groups is 1. The summed E-state index contributed by atoms with van der Waals surface area (Å²) >= 11 is 0. The summed E-state index contributed by atoms with van der Waals surface area (Å²) in [5.41, 5.74) is 0. The van der Waals surface area contributed by atoms with Crippen LogP contribution in [0.4, 0.5) is 4.79 Å². The topological polar surface area (TPSA) is 83.9 Å². The second-order valence-electron chi connectivity index (χ2n) is 3.78. The molecule has 1 N–H and O–H groups in total. The number of likely N-dealkylation sites (tertiary alicyclic amines) is 1. The van der Waals surface area contributed by atoms with Gasteiger partial charge in [0.1, 0.15) is 0 Å². The van der Waals surface area contributed by atoms with Gasteiger partial charge in [0, 0.05) is 19.0 Å². The van der Waals surface area contributed by atoms with Crippen LogP contribution < -0.4 is 0 Å². The van der Waals surface area contributed by atoms with Crippen LogP contribution in [-0.2, 0) is 14.3 Å². The van der Waals surface area contributed by atoms with Gasteiger partial charge in [0.05, 0.1) is 12.4 Å². The lowest BCUT2D eigenvalue weighted by Crippen LogP contribution is -2.30. The van der Waals surface area contributed by atoms with Gasteiger partial charge >= 0.3 is 6.09 Å². The summed E-state index contributed by atoms with van der Waals surface area (Å²) in [5, 5.41) is 8.71. The molecule has 0 aliphatic carbocycles. The standard InChI is InChI=1S/C8H15NO5S/c1-6(14-15(2,12)13)7-3-4-9(5-7)8(10)11/h6-7H,3-5H2,1-2H3,(H,10,11)/t6-,7?/m1/s1. The van der Waals surface area contributed by atoms with Gasteiger partial charge in [0.15, 0.2) is 0 Å². The average molecular weight is 237 g/mol. The third kappa shape index (κ3) is 3.67. The van der Waals surface area contributed by atoms with Gasteiger partial charge in [-0.2, -0.15) is 8.42 Å². The van der Waals surface area contributed by atoms with Gasteiger partial charge in [-0.05, 0) is 13.3 Å². The van der Waals surface area contributed by atoms with Crippen molar-refractivity contribution in [2.24, 2.45) is 5.92 Å². The summed E-state index contributed by atoms with van der Waals surface area (Å²) < 4.78 is 26.5. The molecule has 1 aliphatic heterocycles. The second-order valence-corrected chi connectivity index (χ2v) is 5.38. The Balaban J connectivity index is 2.50. The maximum Gasteiger partial charge on any atom is 0.407 e. The third-order valence-electron chi connectivity index (χ3n) is 2.49. The Kier molecular flexibility index (Phi) is 3.56. The summed E-state index contributed by atoms with van der Waals surface area (Å²) in [6.07, 6.45) is 0.199. The van der Waals surface area contributed by atoms with Crippen LogP contribution in [0.15, 0.2) is 0 Å². The van der Waals surface area contributed by atoms with Crippen molar-refractivity contribution in [3.05, 3.63) is 0 Å². The normalized spacial score (nSPS) is 24.1. The van der Waals surface area contributed by atoms with E-state index in [0.717, 1.165) is 6.26 Å². The van der Waals surface area contributed by atoms with Crippen LogP contribution in [0.1, 0.15) is 13.3 Å². The zero-order chi connectivity index (χ0) is 11.6. The summed E-state index contributed by atoms with van der Waals surface area (Å²) in [7, 11) is -3.46. The highest BCUT2D eigenvalue weighted by Gasteiger charge is 2.31. The fourth-order valence-electron chi connectivity index (χ4n) is 1.70. The van der Waals surface area contributed by atoms with Gasteiger partial charge in [0.2, 0.25) is 0 Å². The van der Waals surface area contributed by atoms with Crippen LogP contribution in [-0.4, -0.2) is 50.0 Å². The maximum atomic E-state index is 10.9. The fourth-order valence-corrected chi connectivity index (χ4v) is 2.41. The largest absolute Gasteiger partial charge is 0.465 e. The van der Waals surface area contributed by atoms with Crippen LogP contribution in [0.5, 0.6) is 0 Å². The molecule has 6 nitrogen and oxygen atoms in total. The molecule has 1 aliphatic rings. The van der Waals surface area contributed by atoms with Crippen LogP contribution in [0.25, 0.3) is 0 Å². The van der Waals surface area contributed by atoms with E-state index < -0.39 is 22.3 Å². The Labute approximate surface area is 89.0 Å². The summed E-state index contributed by atoms with van der Waals surface area (Å²) in [5.74, 6) is -0.0455. The van der Waals surface area contributed by atoms with Gasteiger partial charge < -0.3 is 10.0 Å². The number of hydrogen-bond acceptors (Lipinski definition) is 4. The van der Waals surface area contributed by atoms with E-state index in [4.69, 9.17) is 9.29 Å². The van der Waals surface area contributed by atoms with Gasteiger partial charge in [-0.25, -0.2) is 4.79 Å². The predicted octanol–water partition coefficient (Wildman–Crippen LogP) is 0.351. The molecule has 0 bridgehead atoms. The van der Waals surface area contributed by atoms with Crippen molar-refractivity contribution in [2.45, 2.75) is 19.4 Å². The smallest absolute Gasteiger partial charge is 0.407 e. The van der Waals surface area contributed by atoms with E-state index in [1.807, 2.05) is 0 Å². The molecule has 0 aromatic carbocycles. The van der Waals surface area contributed by atoms with E-state index in [-0.39, 0.29) is 5.92 Å². The molecule has 7 heteroatoms. The quantitative estimate of drug-likeness (QED) is 0.716. The monoisotopic (exact) mass is 237 g/mol. The lowest BCUT2D eigenvalue weighted by Gasteiger charge is -2.18. The SMILES string of the molecule is C[C@@H](OS(C)(=O)=O)C1CCN(C(=O)O)C1. The highest BCUT2D eigenvalue weighted by Crippen LogP contribution is 2.22. The Hall–Kier alpha value is -0.820. The van der Waals surface area contributed by atoms with E-state index in [0.29, 0.717) is 19.5 Å². The first-order valence-electron chi connectivity index (χ1n) is 4.65. The number of hydrogen-bond donors (Lipinski definition) is 1. The highest BCUT2D eigenvalue weighted by molar-refractivity contribution is 7.86. The van der Waals surface area contributed by atoms with Crippen LogP contribution >= 0.6 is 0 Å². The molecule has 1 saturated heterocycles. The van der Waals surface area contributed by atoms with Crippen LogP contribution in [0.2, 0.25) is 0 Å². The van der Waals surface area contributed by atoms with E-state index in [2.05, 4.69) is 0 Å². The van der Waals surface area contributed by atoms with Crippen molar-refractivity contribution in [1.29, 1.82) is 0 Å². The molecular weight excluding hydrogens is 222 g/mol. The van der Waals surface area contributed by atoms with E-state index in [9.17, 15) is 13.2 Å². The third-order valence-corrected chi connectivity index (χ3v) is 3.14. The molecule has 1 heterocycles. The summed E-state index contributed by atoms with van der Waals surface area (Å²) in [6.45, 7) is 2.43. The zero-order valence-electron chi connectivity index (χ0n) is 8.71. The lowest BCUT2D eigenvalue weighted by molar-refractivity contribution is 0.140. The van der Waals surface area contributed by atoms with Gasteiger partial charge in [-0.3, -0.25) is 4.18 Å². The summed E-state index contributed by atoms with van der Waals surface area (Å²) in [4.78, 5) is 11.9. The Morgan fingerprint density at radius 1 is 1.60 bits per heavy atom. The molecule has 0 saturated carbocycles. The number of rotatable bonds is 3. The first-order chi connectivity index (χ1) is 6.79. The highest BCUT2D eigenvalue weighted by atomic mass is 32.2. The molecule has 1 amide bonds. The van der Waals surface area contributed by atoms with Crippen molar-refractivity contribution < 1.29 is 22.5 Å². The molecule has 0 aromatic rings. The molecule has 0 spiro atoms. The van der Waals surface area contributed by atoms with E-state index in [1.54, 1.807) is 6.92 Å².